The first-order chi connectivity index (χ1) is 8.70. The first kappa shape index (κ1) is 10.8. The Labute approximate surface area is 112 Å². The molecule has 0 unspecified atom stereocenters. The molecule has 3 aliphatic carbocycles. The normalized spacial score (nSPS) is 40.5. The van der Waals surface area contributed by atoms with Gasteiger partial charge in [-0.05, 0) is 30.4 Å². The van der Waals surface area contributed by atoms with E-state index in [1.54, 1.807) is 0 Å². The van der Waals surface area contributed by atoms with Gasteiger partial charge in [-0.2, -0.15) is 0 Å². The number of hydrogen-bond acceptors (Lipinski definition) is 1. The van der Waals surface area contributed by atoms with E-state index in [1.807, 2.05) is 0 Å². The van der Waals surface area contributed by atoms with Crippen LogP contribution < -0.4 is 0 Å². The van der Waals surface area contributed by atoms with Crippen LogP contribution >= 0.6 is 11.6 Å². The zero-order chi connectivity index (χ0) is 12.4. The number of allylic oxidation sites excluding steroid dienone is 2. The Morgan fingerprint density at radius 1 is 1.11 bits per heavy atom. The van der Waals surface area contributed by atoms with Crippen molar-refractivity contribution < 1.29 is 4.79 Å². The van der Waals surface area contributed by atoms with Crippen LogP contribution in [0.5, 0.6) is 0 Å². The summed E-state index contributed by atoms with van der Waals surface area (Å²) < 4.78 is 0. The summed E-state index contributed by atoms with van der Waals surface area (Å²) in [6.07, 6.45) is 7.47. The van der Waals surface area contributed by atoms with Gasteiger partial charge in [0.05, 0.1) is 10.3 Å². The largest absolute Gasteiger partial charge is 0.299 e. The van der Waals surface area contributed by atoms with Crippen molar-refractivity contribution >= 4 is 17.4 Å². The third kappa shape index (κ3) is 1.03. The lowest BCUT2D eigenvalue weighted by Gasteiger charge is -2.20. The summed E-state index contributed by atoms with van der Waals surface area (Å²) in [6.45, 7) is 0. The van der Waals surface area contributed by atoms with E-state index in [0.29, 0.717) is 12.2 Å². The fourth-order valence-corrected chi connectivity index (χ4v) is 4.84. The molecule has 0 aliphatic heterocycles. The number of Topliss-reactive ketones (excluding diaryl/α,β-unsaturated/α-hetero) is 1. The summed E-state index contributed by atoms with van der Waals surface area (Å²) in [4.78, 5) is 12.2. The first-order valence-electron chi connectivity index (χ1n) is 6.65. The highest BCUT2D eigenvalue weighted by atomic mass is 35.5. The summed E-state index contributed by atoms with van der Waals surface area (Å²) in [5.41, 5.74) is 2.35. The number of carbonyl (C=O) groups is 1. The van der Waals surface area contributed by atoms with Crippen LogP contribution in [-0.2, 0) is 11.2 Å². The van der Waals surface area contributed by atoms with Crippen LogP contribution in [0.2, 0.25) is 0 Å². The molecule has 0 N–H and O–H groups in total. The Balaban J connectivity index is 1.93. The van der Waals surface area contributed by atoms with Crippen LogP contribution in [0, 0.1) is 5.41 Å². The van der Waals surface area contributed by atoms with Crippen molar-refractivity contribution in [3.63, 3.8) is 0 Å². The molecule has 0 aromatic heterocycles. The Morgan fingerprint density at radius 2 is 1.89 bits per heavy atom. The van der Waals surface area contributed by atoms with E-state index in [-0.39, 0.29) is 16.2 Å². The monoisotopic (exact) mass is 258 g/mol. The van der Waals surface area contributed by atoms with Gasteiger partial charge in [-0.1, -0.05) is 36.4 Å². The van der Waals surface area contributed by atoms with E-state index in [1.165, 1.54) is 11.1 Å². The summed E-state index contributed by atoms with van der Waals surface area (Å²) in [7, 11) is 0. The summed E-state index contributed by atoms with van der Waals surface area (Å²) in [5.74, 6) is 0.607. The van der Waals surface area contributed by atoms with Crippen molar-refractivity contribution in [3.05, 3.63) is 47.5 Å². The molecule has 18 heavy (non-hydrogen) atoms. The number of ketones is 1. The summed E-state index contributed by atoms with van der Waals surface area (Å²) in [5, 5.41) is 0. The molecular weight excluding hydrogens is 244 g/mol. The molecule has 1 aromatic carbocycles. The highest BCUT2D eigenvalue weighted by Crippen LogP contribution is 2.78. The van der Waals surface area contributed by atoms with Crippen LogP contribution in [0.4, 0.5) is 0 Å². The molecule has 92 valence electrons. The summed E-state index contributed by atoms with van der Waals surface area (Å²) >= 11 is 6.83. The number of alkyl halides is 1. The Hall–Kier alpha value is -1.08. The lowest BCUT2D eigenvalue weighted by atomic mass is 9.86. The number of hydrogen-bond donors (Lipinski definition) is 0. The molecule has 0 bridgehead atoms. The van der Waals surface area contributed by atoms with Crippen molar-refractivity contribution in [1.82, 2.24) is 0 Å². The molecule has 0 saturated heterocycles. The zero-order valence-electron chi connectivity index (χ0n) is 10.2. The molecule has 4 rings (SSSR count). The number of fused-ring (bicyclic) bond motifs is 3. The van der Waals surface area contributed by atoms with Crippen LogP contribution in [0.1, 0.15) is 36.3 Å². The fourth-order valence-electron chi connectivity index (χ4n) is 4.21. The highest BCUT2D eigenvalue weighted by Gasteiger charge is 2.79. The van der Waals surface area contributed by atoms with Gasteiger partial charge in [0, 0.05) is 12.3 Å². The van der Waals surface area contributed by atoms with Gasteiger partial charge in [0.15, 0.2) is 0 Å². The van der Waals surface area contributed by atoms with Crippen molar-refractivity contribution in [2.45, 2.75) is 36.5 Å². The highest BCUT2D eigenvalue weighted by molar-refractivity contribution is 6.31. The Morgan fingerprint density at radius 3 is 2.78 bits per heavy atom. The van der Waals surface area contributed by atoms with Crippen molar-refractivity contribution in [1.29, 1.82) is 0 Å². The second-order valence-corrected chi connectivity index (χ2v) is 6.44. The molecule has 1 spiro atoms. The molecule has 0 heterocycles. The second kappa shape index (κ2) is 3.27. The summed E-state index contributed by atoms with van der Waals surface area (Å²) in [6, 6.07) is 8.45. The van der Waals surface area contributed by atoms with E-state index in [9.17, 15) is 4.79 Å². The predicted octanol–water partition coefficient (Wildman–Crippen LogP) is 3.61. The van der Waals surface area contributed by atoms with Crippen molar-refractivity contribution in [2.24, 2.45) is 5.41 Å². The van der Waals surface area contributed by atoms with Gasteiger partial charge < -0.3 is 0 Å². The van der Waals surface area contributed by atoms with E-state index >= 15 is 0 Å². The van der Waals surface area contributed by atoms with Crippen LogP contribution in [0.3, 0.4) is 0 Å². The average Bonchev–Trinajstić information content (AvgIpc) is 2.99. The molecule has 1 fully saturated rings. The van der Waals surface area contributed by atoms with Crippen LogP contribution in [0.25, 0.3) is 0 Å². The van der Waals surface area contributed by atoms with Gasteiger partial charge in [-0.15, -0.1) is 11.6 Å². The molecule has 3 atom stereocenters. The molecule has 1 saturated carbocycles. The Kier molecular flexibility index (Phi) is 1.96. The topological polar surface area (TPSA) is 17.1 Å². The minimum Gasteiger partial charge on any atom is -0.299 e. The van der Waals surface area contributed by atoms with Crippen LogP contribution in [-0.4, -0.2) is 10.7 Å². The van der Waals surface area contributed by atoms with Crippen molar-refractivity contribution in [2.75, 3.05) is 0 Å². The van der Waals surface area contributed by atoms with Crippen LogP contribution in [0.15, 0.2) is 36.4 Å². The third-order valence-corrected chi connectivity index (χ3v) is 5.82. The molecular formula is C16H15ClO. The lowest BCUT2D eigenvalue weighted by Crippen LogP contribution is -2.26. The van der Waals surface area contributed by atoms with Gasteiger partial charge in [0.2, 0.25) is 0 Å². The average molecular weight is 259 g/mol. The van der Waals surface area contributed by atoms with Gasteiger partial charge in [-0.3, -0.25) is 4.79 Å². The molecule has 3 aliphatic rings. The molecule has 0 radical (unpaired) electrons. The quantitative estimate of drug-likeness (QED) is 0.513. The third-order valence-electron chi connectivity index (χ3n) is 5.12. The van der Waals surface area contributed by atoms with E-state index in [2.05, 4.69) is 36.4 Å². The second-order valence-electron chi connectivity index (χ2n) is 5.77. The number of halogens is 1. The smallest absolute Gasteiger partial charge is 0.142 e. The fraction of sp³-hybridized carbons (Fsp3) is 0.438. The molecule has 1 aromatic rings. The van der Waals surface area contributed by atoms with Gasteiger partial charge >= 0.3 is 0 Å². The first-order valence-corrected chi connectivity index (χ1v) is 7.03. The van der Waals surface area contributed by atoms with Gasteiger partial charge in [0.25, 0.3) is 0 Å². The SMILES string of the molecule is O=C1CCc2ccccc2[C@H]2[C@]13CC=CC[C@]23Cl. The number of aryl methyl sites for hydroxylation is 1. The predicted molar refractivity (Wildman–Crippen MR) is 71.9 cm³/mol. The number of carbonyl (C=O) groups excluding carboxylic acids is 1. The standard InChI is InChI=1S/C16H15ClO/c17-16-10-4-3-9-15(16)13(18)8-7-11-5-1-2-6-12(11)14(15)16/h1-6,14H,7-10H2/t14-,15-,16-/m0/s1. The minimum atomic E-state index is -0.338. The molecule has 2 heteroatoms. The van der Waals surface area contributed by atoms with Crippen molar-refractivity contribution in [3.8, 4) is 0 Å². The van der Waals surface area contributed by atoms with E-state index < -0.39 is 0 Å². The van der Waals surface area contributed by atoms with Gasteiger partial charge in [-0.25, -0.2) is 0 Å². The molecule has 0 amide bonds. The maximum atomic E-state index is 12.6. The zero-order valence-corrected chi connectivity index (χ0v) is 10.9. The number of benzene rings is 1. The molecule has 1 nitrogen and oxygen atoms in total. The maximum absolute atomic E-state index is 12.6. The lowest BCUT2D eigenvalue weighted by molar-refractivity contribution is -0.124. The van der Waals surface area contributed by atoms with Gasteiger partial charge in [0.1, 0.15) is 5.78 Å². The van der Waals surface area contributed by atoms with E-state index in [0.717, 1.165) is 19.3 Å². The number of rotatable bonds is 0. The minimum absolute atomic E-state index is 0.230. The maximum Gasteiger partial charge on any atom is 0.142 e. The Bertz CT molecular complexity index is 576. The van der Waals surface area contributed by atoms with E-state index in [4.69, 9.17) is 11.6 Å².